The van der Waals surface area contributed by atoms with Crippen molar-refractivity contribution in [2.75, 3.05) is 17.7 Å². The summed E-state index contributed by atoms with van der Waals surface area (Å²) in [6.45, 7) is 0. The molecule has 1 aliphatic heterocycles. The van der Waals surface area contributed by atoms with Crippen molar-refractivity contribution in [3.63, 3.8) is 0 Å². The van der Waals surface area contributed by atoms with E-state index in [2.05, 4.69) is 10.6 Å². The number of methoxy groups -OCH3 is 1. The second-order valence-corrected chi connectivity index (χ2v) is 10.7. The Balaban J connectivity index is 1.30. The van der Waals surface area contributed by atoms with Crippen molar-refractivity contribution < 1.29 is 18.7 Å². The van der Waals surface area contributed by atoms with Crippen molar-refractivity contribution in [1.29, 1.82) is 0 Å². The van der Waals surface area contributed by atoms with Gasteiger partial charge in [0.05, 0.1) is 18.4 Å². The van der Waals surface area contributed by atoms with E-state index in [9.17, 15) is 9.18 Å². The van der Waals surface area contributed by atoms with Crippen LogP contribution < -0.4 is 15.4 Å². The first-order valence-corrected chi connectivity index (χ1v) is 12.2. The summed E-state index contributed by atoms with van der Waals surface area (Å²) in [4.78, 5) is 12.9. The van der Waals surface area contributed by atoms with Crippen molar-refractivity contribution in [2.24, 2.45) is 5.92 Å². The number of hydrogen-bond acceptors (Lipinski definition) is 4. The summed E-state index contributed by atoms with van der Waals surface area (Å²) in [5, 5.41) is 7.01. The molecule has 5 nitrogen and oxygen atoms in total. The topological polar surface area (TPSA) is 62.9 Å². The molecule has 4 unspecified atom stereocenters. The van der Waals surface area contributed by atoms with Gasteiger partial charge >= 0.3 is 0 Å². The lowest BCUT2D eigenvalue weighted by atomic mass is 10.1. The van der Waals surface area contributed by atoms with E-state index in [0.29, 0.717) is 32.7 Å². The summed E-state index contributed by atoms with van der Waals surface area (Å²) in [6.07, 6.45) is -0.630. The van der Waals surface area contributed by atoms with Crippen molar-refractivity contribution >= 4 is 63.7 Å². The third kappa shape index (κ3) is 4.91. The first kappa shape index (κ1) is 24.5. The third-order valence-corrected chi connectivity index (χ3v) is 7.51. The fourth-order valence-corrected chi connectivity index (χ4v) is 5.83. The van der Waals surface area contributed by atoms with E-state index in [0.717, 1.165) is 5.56 Å². The average molecular weight is 556 g/mol. The highest BCUT2D eigenvalue weighted by Crippen LogP contribution is 2.69. The molecule has 5 rings (SSSR count). The fourth-order valence-electron chi connectivity index (χ4n) is 4.39. The molecule has 2 aliphatic rings. The molecule has 1 saturated carbocycles. The van der Waals surface area contributed by atoms with Crippen LogP contribution in [0.3, 0.4) is 0 Å². The number of para-hydroxylation sites is 1. The SMILES string of the molecule is COc1c(NC2OC2C2C(c3cc(Cl)cc(Cl)c3)C2(Cl)Cl)cccc1C(=O)Nc1ccc(F)cc1. The van der Waals surface area contributed by atoms with E-state index < -0.39 is 10.2 Å². The molecule has 1 saturated heterocycles. The van der Waals surface area contributed by atoms with E-state index >= 15 is 0 Å². The fraction of sp³-hybridized carbons (Fsp3) is 0.240. The molecule has 4 atom stereocenters. The van der Waals surface area contributed by atoms with E-state index in [1.165, 1.54) is 31.4 Å². The van der Waals surface area contributed by atoms with Crippen LogP contribution in [0.5, 0.6) is 5.75 Å². The lowest BCUT2D eigenvalue weighted by Crippen LogP contribution is -2.16. The number of carbonyl (C=O) groups excluding carboxylic acids is 1. The molecular weight excluding hydrogens is 537 g/mol. The molecule has 2 N–H and O–H groups in total. The third-order valence-electron chi connectivity index (χ3n) is 6.10. The highest BCUT2D eigenvalue weighted by Gasteiger charge is 2.72. The van der Waals surface area contributed by atoms with Gasteiger partial charge in [0, 0.05) is 27.6 Å². The number of hydrogen-bond donors (Lipinski definition) is 2. The number of rotatable bonds is 7. The minimum Gasteiger partial charge on any atom is -0.494 e. The van der Waals surface area contributed by atoms with Gasteiger partial charge < -0.3 is 20.1 Å². The molecule has 1 aliphatic carbocycles. The summed E-state index contributed by atoms with van der Waals surface area (Å²) >= 11 is 25.5. The van der Waals surface area contributed by atoms with Gasteiger partial charge in [-0.15, -0.1) is 23.2 Å². The van der Waals surface area contributed by atoms with Crippen molar-refractivity contribution in [3.8, 4) is 5.75 Å². The van der Waals surface area contributed by atoms with Gasteiger partial charge in [-0.25, -0.2) is 4.39 Å². The van der Waals surface area contributed by atoms with Crippen LogP contribution >= 0.6 is 46.4 Å². The van der Waals surface area contributed by atoms with Gasteiger partial charge in [0.1, 0.15) is 16.3 Å². The molecule has 0 spiro atoms. The van der Waals surface area contributed by atoms with Crippen LogP contribution in [0, 0.1) is 11.7 Å². The number of alkyl halides is 2. The molecule has 3 aromatic rings. The summed E-state index contributed by atoms with van der Waals surface area (Å²) in [5.41, 5.74) is 2.19. The predicted molar refractivity (Wildman–Crippen MR) is 137 cm³/mol. The number of ether oxygens (including phenoxy) is 2. The number of anilines is 2. The zero-order valence-corrected chi connectivity index (χ0v) is 21.2. The maximum absolute atomic E-state index is 13.2. The summed E-state index contributed by atoms with van der Waals surface area (Å²) in [7, 11) is 1.47. The predicted octanol–water partition coefficient (Wildman–Crippen LogP) is 7.12. The van der Waals surface area contributed by atoms with Crippen LogP contribution in [-0.4, -0.2) is 29.7 Å². The number of nitrogens with one attached hydrogen (secondary N) is 2. The summed E-state index contributed by atoms with van der Waals surface area (Å²) in [5.74, 6) is -0.799. The van der Waals surface area contributed by atoms with Gasteiger partial charge in [0.25, 0.3) is 5.91 Å². The molecule has 0 bridgehead atoms. The standard InChI is InChI=1S/C25H19Cl4FN2O3/c1-34-21-17(23(33)31-16-7-5-15(30)6-8-16)3-2-4-18(21)32-24-22(35-24)20-19(25(20,28)29)12-9-13(26)11-14(27)10-12/h2-11,19-20,22,24,32H,1H3,(H,31,33). The second kappa shape index (κ2) is 9.34. The maximum Gasteiger partial charge on any atom is 0.259 e. The Labute approximate surface area is 221 Å². The van der Waals surface area contributed by atoms with Crippen LogP contribution in [0.25, 0.3) is 0 Å². The molecule has 182 valence electrons. The molecule has 10 heteroatoms. The van der Waals surface area contributed by atoms with Crippen molar-refractivity contribution in [3.05, 3.63) is 87.7 Å². The quantitative estimate of drug-likeness (QED) is 0.241. The number of amides is 1. The van der Waals surface area contributed by atoms with Gasteiger partial charge in [0.2, 0.25) is 0 Å². The molecule has 3 aromatic carbocycles. The van der Waals surface area contributed by atoms with Gasteiger partial charge in [-0.05, 0) is 60.2 Å². The van der Waals surface area contributed by atoms with Crippen molar-refractivity contribution in [1.82, 2.24) is 0 Å². The van der Waals surface area contributed by atoms with Gasteiger partial charge in [-0.2, -0.15) is 0 Å². The molecule has 1 heterocycles. The number of epoxide rings is 1. The van der Waals surface area contributed by atoms with Crippen LogP contribution in [0.1, 0.15) is 21.8 Å². The average Bonchev–Trinajstić information content (AvgIpc) is 3.68. The lowest BCUT2D eigenvalue weighted by molar-refractivity contribution is 0.102. The molecule has 2 fully saturated rings. The minimum absolute atomic E-state index is 0.172. The van der Waals surface area contributed by atoms with Crippen molar-refractivity contribution in [2.45, 2.75) is 22.6 Å². The summed E-state index contributed by atoms with van der Waals surface area (Å²) in [6, 6.07) is 15.9. The molecule has 1 amide bonds. The Morgan fingerprint density at radius 2 is 1.74 bits per heavy atom. The minimum atomic E-state index is -1.02. The number of halogens is 5. The Morgan fingerprint density at radius 1 is 1.06 bits per heavy atom. The highest BCUT2D eigenvalue weighted by atomic mass is 35.5. The Morgan fingerprint density at radius 3 is 2.40 bits per heavy atom. The molecular formula is C25H19Cl4FN2O3. The zero-order chi connectivity index (χ0) is 24.9. The van der Waals surface area contributed by atoms with Crippen LogP contribution in [-0.2, 0) is 4.74 Å². The first-order chi connectivity index (χ1) is 16.7. The summed E-state index contributed by atoms with van der Waals surface area (Å²) < 4.78 is 23.5. The van der Waals surface area contributed by atoms with Gasteiger partial charge in [-0.1, -0.05) is 29.3 Å². The van der Waals surface area contributed by atoms with E-state index in [1.54, 1.807) is 36.4 Å². The number of carbonyl (C=O) groups is 1. The Bertz CT molecular complexity index is 1270. The lowest BCUT2D eigenvalue weighted by Gasteiger charge is -2.14. The smallest absolute Gasteiger partial charge is 0.259 e. The van der Waals surface area contributed by atoms with E-state index in [1.807, 2.05) is 0 Å². The largest absolute Gasteiger partial charge is 0.494 e. The molecule has 0 radical (unpaired) electrons. The first-order valence-electron chi connectivity index (χ1n) is 10.7. The number of benzene rings is 3. The van der Waals surface area contributed by atoms with E-state index in [-0.39, 0.29) is 30.0 Å². The second-order valence-electron chi connectivity index (χ2n) is 8.39. The van der Waals surface area contributed by atoms with Gasteiger partial charge in [-0.3, -0.25) is 4.79 Å². The van der Waals surface area contributed by atoms with Gasteiger partial charge in [0.15, 0.2) is 12.0 Å². The van der Waals surface area contributed by atoms with Crippen LogP contribution in [0.15, 0.2) is 60.7 Å². The van der Waals surface area contributed by atoms with Crippen LogP contribution in [0.4, 0.5) is 15.8 Å². The zero-order valence-electron chi connectivity index (χ0n) is 18.2. The van der Waals surface area contributed by atoms with E-state index in [4.69, 9.17) is 55.9 Å². The molecule has 0 aromatic heterocycles. The Kier molecular flexibility index (Phi) is 6.53. The van der Waals surface area contributed by atoms with Crippen LogP contribution in [0.2, 0.25) is 10.0 Å². The monoisotopic (exact) mass is 554 g/mol. The Hall–Kier alpha value is -2.22. The highest BCUT2D eigenvalue weighted by molar-refractivity contribution is 6.52. The molecule has 35 heavy (non-hydrogen) atoms. The maximum atomic E-state index is 13.2. The normalized spacial score (nSPS) is 23.9.